The lowest BCUT2D eigenvalue weighted by Crippen LogP contribution is -1.74. The van der Waals surface area contributed by atoms with E-state index < -0.39 is 0 Å². The molecule has 1 aromatic heterocycles. The predicted octanol–water partition coefficient (Wildman–Crippen LogP) is 2.13. The third-order valence-electron chi connectivity index (χ3n) is 1.53. The first kappa shape index (κ1) is 5.45. The molecule has 0 unspecified atom stereocenters. The first-order valence-electron chi connectivity index (χ1n) is 3.03. The number of epoxide rings is 1. The lowest BCUT2D eigenvalue weighted by Gasteiger charge is -1.87. The smallest absolute Gasteiger partial charge is 0.115 e. The molecule has 1 aliphatic rings. The average Bonchev–Trinajstić information content (AvgIpc) is 2.58. The molecule has 1 aromatic rings. The molecule has 1 atom stereocenters. The highest BCUT2D eigenvalue weighted by Crippen LogP contribution is 2.35. The zero-order valence-corrected chi connectivity index (χ0v) is 6.07. The standard InChI is InChI=1S/C7H8OS/c1-5-2-3-9-7(5)6-4-8-6/h2-3,6H,4H2,1H3/t6-/m1/s1. The van der Waals surface area contributed by atoms with Crippen LogP contribution in [0.15, 0.2) is 11.4 Å². The van der Waals surface area contributed by atoms with Crippen molar-refractivity contribution in [2.24, 2.45) is 0 Å². The van der Waals surface area contributed by atoms with Crippen LogP contribution in [-0.2, 0) is 4.74 Å². The maximum Gasteiger partial charge on any atom is 0.115 e. The van der Waals surface area contributed by atoms with Crippen molar-refractivity contribution in [1.82, 2.24) is 0 Å². The van der Waals surface area contributed by atoms with Crippen molar-refractivity contribution in [3.05, 3.63) is 21.9 Å². The minimum absolute atomic E-state index is 0.449. The Morgan fingerprint density at radius 2 is 2.56 bits per heavy atom. The van der Waals surface area contributed by atoms with E-state index in [0.717, 1.165) is 6.61 Å². The predicted molar refractivity (Wildman–Crippen MR) is 37.7 cm³/mol. The van der Waals surface area contributed by atoms with Gasteiger partial charge >= 0.3 is 0 Å². The minimum atomic E-state index is 0.449. The highest BCUT2D eigenvalue weighted by molar-refractivity contribution is 7.10. The maximum absolute atomic E-state index is 5.14. The SMILES string of the molecule is Cc1ccsc1[C@H]1CO1. The van der Waals surface area contributed by atoms with Crippen LogP contribution in [0, 0.1) is 6.92 Å². The molecule has 9 heavy (non-hydrogen) atoms. The van der Waals surface area contributed by atoms with Crippen LogP contribution >= 0.6 is 11.3 Å². The zero-order valence-electron chi connectivity index (χ0n) is 5.26. The fourth-order valence-electron chi connectivity index (χ4n) is 0.914. The second kappa shape index (κ2) is 1.82. The van der Waals surface area contributed by atoms with E-state index in [2.05, 4.69) is 18.4 Å². The van der Waals surface area contributed by atoms with Crippen molar-refractivity contribution in [3.8, 4) is 0 Å². The summed E-state index contributed by atoms with van der Waals surface area (Å²) in [6.45, 7) is 3.06. The third kappa shape index (κ3) is 0.884. The normalized spacial score (nSPS) is 24.3. The van der Waals surface area contributed by atoms with Crippen molar-refractivity contribution in [1.29, 1.82) is 0 Å². The molecular weight excluding hydrogens is 132 g/mol. The van der Waals surface area contributed by atoms with Crippen molar-refractivity contribution < 1.29 is 4.74 Å². The van der Waals surface area contributed by atoms with Gasteiger partial charge in [0.15, 0.2) is 0 Å². The van der Waals surface area contributed by atoms with Crippen LogP contribution in [0.4, 0.5) is 0 Å². The number of aryl methyl sites for hydroxylation is 1. The Hall–Kier alpha value is -0.340. The monoisotopic (exact) mass is 140 g/mol. The Labute approximate surface area is 58.3 Å². The first-order chi connectivity index (χ1) is 4.38. The topological polar surface area (TPSA) is 12.5 Å². The fraction of sp³-hybridized carbons (Fsp3) is 0.429. The molecule has 2 heterocycles. The summed E-state index contributed by atoms with van der Waals surface area (Å²) in [5.41, 5.74) is 1.38. The van der Waals surface area contributed by atoms with Gasteiger partial charge in [0.25, 0.3) is 0 Å². The third-order valence-corrected chi connectivity index (χ3v) is 2.64. The summed E-state index contributed by atoms with van der Waals surface area (Å²) in [5.74, 6) is 0. The largest absolute Gasteiger partial charge is 0.367 e. The van der Waals surface area contributed by atoms with E-state index in [0.29, 0.717) is 6.10 Å². The van der Waals surface area contributed by atoms with Gasteiger partial charge in [-0.15, -0.1) is 11.3 Å². The van der Waals surface area contributed by atoms with E-state index in [1.807, 2.05) is 0 Å². The van der Waals surface area contributed by atoms with Crippen LogP contribution in [-0.4, -0.2) is 6.61 Å². The van der Waals surface area contributed by atoms with Gasteiger partial charge in [-0.3, -0.25) is 0 Å². The van der Waals surface area contributed by atoms with Crippen molar-refractivity contribution in [2.75, 3.05) is 6.61 Å². The van der Waals surface area contributed by atoms with Crippen LogP contribution in [0.1, 0.15) is 16.5 Å². The van der Waals surface area contributed by atoms with Gasteiger partial charge in [0.05, 0.1) is 6.61 Å². The maximum atomic E-state index is 5.14. The van der Waals surface area contributed by atoms with Gasteiger partial charge in [-0.2, -0.15) is 0 Å². The zero-order chi connectivity index (χ0) is 6.27. The number of thiophene rings is 1. The summed E-state index contributed by atoms with van der Waals surface area (Å²) in [6, 6.07) is 2.14. The van der Waals surface area contributed by atoms with Crippen molar-refractivity contribution in [3.63, 3.8) is 0 Å². The number of rotatable bonds is 1. The van der Waals surface area contributed by atoms with Gasteiger partial charge in [0, 0.05) is 4.88 Å². The van der Waals surface area contributed by atoms with E-state index in [9.17, 15) is 0 Å². The lowest BCUT2D eigenvalue weighted by atomic mass is 10.2. The second-order valence-electron chi connectivity index (χ2n) is 2.29. The van der Waals surface area contributed by atoms with Crippen LogP contribution in [0.25, 0.3) is 0 Å². The molecule has 0 aromatic carbocycles. The van der Waals surface area contributed by atoms with E-state index in [-0.39, 0.29) is 0 Å². The molecular formula is C7H8OS. The van der Waals surface area contributed by atoms with Crippen molar-refractivity contribution >= 4 is 11.3 Å². The second-order valence-corrected chi connectivity index (χ2v) is 3.24. The highest BCUT2D eigenvalue weighted by atomic mass is 32.1. The average molecular weight is 140 g/mol. The van der Waals surface area contributed by atoms with Gasteiger partial charge in [0.1, 0.15) is 6.10 Å². The molecule has 0 aliphatic carbocycles. The van der Waals surface area contributed by atoms with Gasteiger partial charge in [-0.1, -0.05) is 0 Å². The molecule has 1 nitrogen and oxygen atoms in total. The van der Waals surface area contributed by atoms with Crippen LogP contribution < -0.4 is 0 Å². The highest BCUT2D eigenvalue weighted by Gasteiger charge is 2.26. The molecule has 1 saturated heterocycles. The summed E-state index contributed by atoms with van der Waals surface area (Å²) >= 11 is 1.80. The Morgan fingerprint density at radius 1 is 1.78 bits per heavy atom. The van der Waals surface area contributed by atoms with Gasteiger partial charge < -0.3 is 4.74 Å². The summed E-state index contributed by atoms with van der Waals surface area (Å²) in [4.78, 5) is 1.41. The van der Waals surface area contributed by atoms with Crippen molar-refractivity contribution in [2.45, 2.75) is 13.0 Å². The van der Waals surface area contributed by atoms with E-state index in [4.69, 9.17) is 4.74 Å². The van der Waals surface area contributed by atoms with Gasteiger partial charge in [-0.05, 0) is 23.9 Å². The Balaban J connectivity index is 2.35. The van der Waals surface area contributed by atoms with E-state index >= 15 is 0 Å². The number of ether oxygens (including phenoxy) is 1. The number of hydrogen-bond acceptors (Lipinski definition) is 2. The molecule has 0 bridgehead atoms. The summed E-state index contributed by atoms with van der Waals surface area (Å²) < 4.78 is 5.14. The van der Waals surface area contributed by atoms with Crippen LogP contribution in [0.3, 0.4) is 0 Å². The molecule has 0 saturated carbocycles. The van der Waals surface area contributed by atoms with Gasteiger partial charge in [0.2, 0.25) is 0 Å². The van der Waals surface area contributed by atoms with Crippen LogP contribution in [0.5, 0.6) is 0 Å². The minimum Gasteiger partial charge on any atom is -0.367 e. The quantitative estimate of drug-likeness (QED) is 0.544. The Bertz CT molecular complexity index is 212. The Morgan fingerprint density at radius 3 is 3.00 bits per heavy atom. The molecule has 2 heteroatoms. The molecule has 0 radical (unpaired) electrons. The molecule has 1 aliphatic heterocycles. The van der Waals surface area contributed by atoms with E-state index in [1.54, 1.807) is 11.3 Å². The Kier molecular flexibility index (Phi) is 1.10. The molecule has 1 fully saturated rings. The number of hydrogen-bond donors (Lipinski definition) is 0. The molecule has 0 N–H and O–H groups in total. The van der Waals surface area contributed by atoms with E-state index in [1.165, 1.54) is 10.4 Å². The molecule has 0 spiro atoms. The molecule has 48 valence electrons. The van der Waals surface area contributed by atoms with Crippen LogP contribution in [0.2, 0.25) is 0 Å². The lowest BCUT2D eigenvalue weighted by molar-refractivity contribution is 0.418. The summed E-state index contributed by atoms with van der Waals surface area (Å²) in [7, 11) is 0. The summed E-state index contributed by atoms with van der Waals surface area (Å²) in [5, 5.41) is 2.12. The summed E-state index contributed by atoms with van der Waals surface area (Å²) in [6.07, 6.45) is 0.449. The fourth-order valence-corrected chi connectivity index (χ4v) is 1.87. The molecule has 0 amide bonds. The first-order valence-corrected chi connectivity index (χ1v) is 3.91. The molecule has 2 rings (SSSR count). The van der Waals surface area contributed by atoms with Gasteiger partial charge in [-0.25, -0.2) is 0 Å².